The number of hydrogen-bond donors (Lipinski definition) is 1. The van der Waals surface area contributed by atoms with Gasteiger partial charge in [-0.2, -0.15) is 0 Å². The van der Waals surface area contributed by atoms with Crippen molar-refractivity contribution in [2.24, 2.45) is 5.73 Å². The number of nitrogens with zero attached hydrogens (tertiary/aromatic N) is 1. The molecule has 2 N–H and O–H groups in total. The Kier molecular flexibility index (Phi) is 8.26. The van der Waals surface area contributed by atoms with Crippen molar-refractivity contribution < 1.29 is 9.47 Å². The van der Waals surface area contributed by atoms with Crippen molar-refractivity contribution >= 4 is 5.69 Å². The quantitative estimate of drug-likeness (QED) is 0.669. The van der Waals surface area contributed by atoms with E-state index in [1.807, 2.05) is 26.8 Å². The Hall–Kier alpha value is -1.10. The van der Waals surface area contributed by atoms with Crippen molar-refractivity contribution in [1.82, 2.24) is 0 Å². The van der Waals surface area contributed by atoms with E-state index in [9.17, 15) is 0 Å². The minimum atomic E-state index is 0.0212. The van der Waals surface area contributed by atoms with E-state index >= 15 is 0 Å². The van der Waals surface area contributed by atoms with Gasteiger partial charge in [-0.1, -0.05) is 18.2 Å². The number of para-hydroxylation sites is 1. The minimum Gasteiger partial charge on any atom is -0.380 e. The molecule has 0 aromatic heterocycles. The highest BCUT2D eigenvalue weighted by Gasteiger charge is 2.13. The van der Waals surface area contributed by atoms with Crippen LogP contribution in [0.3, 0.4) is 0 Å². The number of benzene rings is 1. The van der Waals surface area contributed by atoms with Gasteiger partial charge in [-0.3, -0.25) is 0 Å². The number of ether oxygens (including phenoxy) is 2. The molecule has 0 heterocycles. The summed E-state index contributed by atoms with van der Waals surface area (Å²) in [5.74, 6) is 0. The highest BCUT2D eigenvalue weighted by Crippen LogP contribution is 2.24. The summed E-state index contributed by atoms with van der Waals surface area (Å²) in [6.45, 7) is 10.7. The summed E-state index contributed by atoms with van der Waals surface area (Å²) in [5, 5.41) is 0. The van der Waals surface area contributed by atoms with E-state index in [-0.39, 0.29) is 6.04 Å². The maximum Gasteiger partial charge on any atom is 0.0641 e. The van der Waals surface area contributed by atoms with Crippen molar-refractivity contribution in [3.8, 4) is 0 Å². The van der Waals surface area contributed by atoms with E-state index in [4.69, 9.17) is 15.2 Å². The zero-order chi connectivity index (χ0) is 14.8. The lowest BCUT2D eigenvalue weighted by molar-refractivity contribution is 0.141. The van der Waals surface area contributed by atoms with E-state index in [0.717, 1.165) is 39.5 Å². The molecule has 114 valence electrons. The first-order valence-electron chi connectivity index (χ1n) is 7.45. The van der Waals surface area contributed by atoms with Gasteiger partial charge in [0.15, 0.2) is 0 Å². The average molecular weight is 280 g/mol. The molecule has 0 saturated carbocycles. The number of nitrogens with two attached hydrogens (primary N) is 1. The zero-order valence-electron chi connectivity index (χ0n) is 13.0. The standard InChI is InChI=1S/C16H28N2O2/c1-4-19-12-10-18(11-13-20-5-2)16-9-7-6-8-15(16)14(3)17/h6-9,14H,4-5,10-13,17H2,1-3H3/t14-/m1/s1. The SMILES string of the molecule is CCOCCN(CCOCC)c1ccccc1[C@@H](C)N. The van der Waals surface area contributed by atoms with Crippen LogP contribution in [0.2, 0.25) is 0 Å². The van der Waals surface area contributed by atoms with Gasteiger partial charge >= 0.3 is 0 Å². The summed E-state index contributed by atoms with van der Waals surface area (Å²) in [5.41, 5.74) is 8.42. The zero-order valence-corrected chi connectivity index (χ0v) is 13.0. The largest absolute Gasteiger partial charge is 0.380 e. The number of anilines is 1. The molecular formula is C16H28N2O2. The Morgan fingerprint density at radius 1 is 1.05 bits per heavy atom. The molecule has 0 unspecified atom stereocenters. The van der Waals surface area contributed by atoms with Gasteiger partial charge in [-0.15, -0.1) is 0 Å². The fraction of sp³-hybridized carbons (Fsp3) is 0.625. The maximum atomic E-state index is 6.07. The summed E-state index contributed by atoms with van der Waals surface area (Å²) in [7, 11) is 0. The summed E-state index contributed by atoms with van der Waals surface area (Å²) in [4.78, 5) is 2.30. The van der Waals surface area contributed by atoms with Crippen LogP contribution >= 0.6 is 0 Å². The molecule has 0 radical (unpaired) electrons. The van der Waals surface area contributed by atoms with Crippen molar-refractivity contribution in [2.45, 2.75) is 26.8 Å². The molecule has 0 bridgehead atoms. The predicted molar refractivity (Wildman–Crippen MR) is 84.2 cm³/mol. The monoisotopic (exact) mass is 280 g/mol. The lowest BCUT2D eigenvalue weighted by Crippen LogP contribution is -2.32. The summed E-state index contributed by atoms with van der Waals surface area (Å²) in [6, 6.07) is 8.32. The third-order valence-electron chi connectivity index (χ3n) is 3.19. The van der Waals surface area contributed by atoms with Crippen LogP contribution in [0.4, 0.5) is 5.69 Å². The molecular weight excluding hydrogens is 252 g/mol. The third kappa shape index (κ3) is 5.49. The molecule has 0 aliphatic carbocycles. The van der Waals surface area contributed by atoms with Crippen LogP contribution in [0.5, 0.6) is 0 Å². The second-order valence-electron chi connectivity index (χ2n) is 4.73. The van der Waals surface area contributed by atoms with Crippen LogP contribution in [-0.2, 0) is 9.47 Å². The van der Waals surface area contributed by atoms with Crippen LogP contribution in [0.1, 0.15) is 32.4 Å². The van der Waals surface area contributed by atoms with Crippen LogP contribution < -0.4 is 10.6 Å². The van der Waals surface area contributed by atoms with E-state index in [2.05, 4.69) is 23.1 Å². The number of hydrogen-bond acceptors (Lipinski definition) is 4. The number of rotatable bonds is 10. The van der Waals surface area contributed by atoms with E-state index in [1.54, 1.807) is 0 Å². The molecule has 0 spiro atoms. The summed E-state index contributed by atoms with van der Waals surface area (Å²) < 4.78 is 11.0. The fourth-order valence-electron chi connectivity index (χ4n) is 2.15. The first-order valence-corrected chi connectivity index (χ1v) is 7.45. The van der Waals surface area contributed by atoms with Crippen molar-refractivity contribution in [2.75, 3.05) is 44.4 Å². The van der Waals surface area contributed by atoms with Gasteiger partial charge in [-0.05, 0) is 32.4 Å². The van der Waals surface area contributed by atoms with E-state index in [1.165, 1.54) is 11.3 Å². The first-order chi connectivity index (χ1) is 9.70. The Morgan fingerprint density at radius 3 is 2.10 bits per heavy atom. The Morgan fingerprint density at radius 2 is 1.60 bits per heavy atom. The molecule has 0 fully saturated rings. The molecule has 1 atom stereocenters. The highest BCUT2D eigenvalue weighted by molar-refractivity contribution is 5.54. The van der Waals surface area contributed by atoms with Crippen molar-refractivity contribution in [3.63, 3.8) is 0 Å². The van der Waals surface area contributed by atoms with Gasteiger partial charge in [0.2, 0.25) is 0 Å². The molecule has 1 aromatic carbocycles. The highest BCUT2D eigenvalue weighted by atomic mass is 16.5. The topological polar surface area (TPSA) is 47.7 Å². The van der Waals surface area contributed by atoms with E-state index < -0.39 is 0 Å². The second kappa shape index (κ2) is 9.75. The molecule has 0 saturated heterocycles. The Bertz CT molecular complexity index is 359. The molecule has 20 heavy (non-hydrogen) atoms. The van der Waals surface area contributed by atoms with Crippen LogP contribution in [0.15, 0.2) is 24.3 Å². The molecule has 0 amide bonds. The van der Waals surface area contributed by atoms with Gasteiger partial charge in [-0.25, -0.2) is 0 Å². The Labute approximate surface area is 122 Å². The van der Waals surface area contributed by atoms with Gasteiger partial charge in [0.1, 0.15) is 0 Å². The smallest absolute Gasteiger partial charge is 0.0641 e. The summed E-state index contributed by atoms with van der Waals surface area (Å²) >= 11 is 0. The third-order valence-corrected chi connectivity index (χ3v) is 3.19. The van der Waals surface area contributed by atoms with Gasteiger partial charge < -0.3 is 20.1 Å². The maximum absolute atomic E-state index is 6.07. The van der Waals surface area contributed by atoms with Gasteiger partial charge in [0.25, 0.3) is 0 Å². The van der Waals surface area contributed by atoms with E-state index in [0.29, 0.717) is 0 Å². The average Bonchev–Trinajstić information content (AvgIpc) is 2.46. The van der Waals surface area contributed by atoms with Gasteiger partial charge in [0.05, 0.1) is 13.2 Å². The molecule has 0 aliphatic rings. The predicted octanol–water partition coefficient (Wildman–Crippen LogP) is 2.59. The molecule has 0 aliphatic heterocycles. The van der Waals surface area contributed by atoms with Crippen molar-refractivity contribution in [3.05, 3.63) is 29.8 Å². The van der Waals surface area contributed by atoms with Crippen LogP contribution in [0, 0.1) is 0 Å². The summed E-state index contributed by atoms with van der Waals surface area (Å²) in [6.07, 6.45) is 0. The van der Waals surface area contributed by atoms with Crippen LogP contribution in [-0.4, -0.2) is 39.5 Å². The second-order valence-corrected chi connectivity index (χ2v) is 4.73. The van der Waals surface area contributed by atoms with Gasteiger partial charge in [0, 0.05) is 38.0 Å². The lowest BCUT2D eigenvalue weighted by Gasteiger charge is -2.28. The Balaban J connectivity index is 2.79. The van der Waals surface area contributed by atoms with Crippen molar-refractivity contribution in [1.29, 1.82) is 0 Å². The molecule has 4 heteroatoms. The first kappa shape index (κ1) is 17.0. The molecule has 1 aromatic rings. The fourth-order valence-corrected chi connectivity index (χ4v) is 2.15. The normalized spacial score (nSPS) is 12.4. The lowest BCUT2D eigenvalue weighted by atomic mass is 10.1. The minimum absolute atomic E-state index is 0.0212. The molecule has 4 nitrogen and oxygen atoms in total. The molecule has 1 rings (SSSR count). The van der Waals surface area contributed by atoms with Crippen LogP contribution in [0.25, 0.3) is 0 Å².